The number of rotatable bonds is 7. The van der Waals surface area contributed by atoms with Gasteiger partial charge in [-0.15, -0.1) is 0 Å². The lowest BCUT2D eigenvalue weighted by Crippen LogP contribution is -2.43. The maximum Gasteiger partial charge on any atom is 0.246 e. The van der Waals surface area contributed by atoms with Crippen molar-refractivity contribution in [2.24, 2.45) is 5.92 Å². The Morgan fingerprint density at radius 1 is 1.10 bits per heavy atom. The summed E-state index contributed by atoms with van der Waals surface area (Å²) in [6.07, 6.45) is 0.841. The van der Waals surface area contributed by atoms with E-state index >= 15 is 0 Å². The smallest absolute Gasteiger partial charge is 0.246 e. The van der Waals surface area contributed by atoms with E-state index < -0.39 is 10.0 Å². The normalized spacial score (nSPS) is 15.6. The Morgan fingerprint density at radius 2 is 1.74 bits per heavy atom. The van der Waals surface area contributed by atoms with E-state index in [-0.39, 0.29) is 42.1 Å². The highest BCUT2D eigenvalue weighted by Crippen LogP contribution is 2.32. The van der Waals surface area contributed by atoms with E-state index in [1.54, 1.807) is 37.3 Å². The van der Waals surface area contributed by atoms with Crippen molar-refractivity contribution in [3.05, 3.63) is 57.0 Å². The molecule has 2 aromatic rings. The van der Waals surface area contributed by atoms with Crippen LogP contribution in [0.5, 0.6) is 5.75 Å². The van der Waals surface area contributed by atoms with E-state index in [4.69, 9.17) is 39.5 Å². The summed E-state index contributed by atoms with van der Waals surface area (Å²) in [4.78, 5) is 12.6. The largest absolute Gasteiger partial charge is 0.492 e. The Labute approximate surface area is 197 Å². The molecule has 1 heterocycles. The quantitative estimate of drug-likeness (QED) is 0.588. The van der Waals surface area contributed by atoms with Gasteiger partial charge in [-0.2, -0.15) is 4.31 Å². The third-order valence-corrected chi connectivity index (χ3v) is 7.86. The first-order valence-electron chi connectivity index (χ1n) is 9.86. The minimum atomic E-state index is -3.79. The molecule has 2 aromatic carbocycles. The summed E-state index contributed by atoms with van der Waals surface area (Å²) < 4.78 is 33.1. The molecule has 3 rings (SSSR count). The van der Waals surface area contributed by atoms with E-state index in [1.165, 1.54) is 10.4 Å². The number of ether oxygens (including phenoxy) is 1. The molecule has 168 valence electrons. The fourth-order valence-corrected chi connectivity index (χ4v) is 5.79. The molecule has 0 aromatic heterocycles. The van der Waals surface area contributed by atoms with Crippen LogP contribution in [0.2, 0.25) is 15.1 Å². The zero-order chi connectivity index (χ0) is 22.6. The van der Waals surface area contributed by atoms with Crippen LogP contribution >= 0.6 is 34.8 Å². The topological polar surface area (TPSA) is 75.7 Å². The van der Waals surface area contributed by atoms with Crippen molar-refractivity contribution in [2.75, 3.05) is 19.7 Å². The summed E-state index contributed by atoms with van der Waals surface area (Å²) in [5, 5.41) is 4.21. The zero-order valence-electron chi connectivity index (χ0n) is 16.9. The van der Waals surface area contributed by atoms with E-state index in [9.17, 15) is 13.2 Å². The average molecular weight is 506 g/mol. The SMILES string of the molecule is CCOc1ccc(Cl)cc1S(=O)(=O)N1CCC(C(=O)NCc2ccc(Cl)cc2Cl)CC1. The Morgan fingerprint density at radius 3 is 2.39 bits per heavy atom. The zero-order valence-corrected chi connectivity index (χ0v) is 20.0. The van der Waals surface area contributed by atoms with Gasteiger partial charge in [0, 0.05) is 40.6 Å². The Kier molecular flexibility index (Phi) is 8.10. The van der Waals surface area contributed by atoms with Crippen molar-refractivity contribution in [3.63, 3.8) is 0 Å². The molecular weight excluding hydrogens is 483 g/mol. The summed E-state index contributed by atoms with van der Waals surface area (Å²) >= 11 is 18.1. The molecule has 0 unspecified atom stereocenters. The number of amides is 1. The van der Waals surface area contributed by atoms with Crippen molar-refractivity contribution in [1.82, 2.24) is 9.62 Å². The Hall–Kier alpha value is -1.51. The van der Waals surface area contributed by atoms with Gasteiger partial charge in [0.05, 0.1) is 6.61 Å². The second kappa shape index (κ2) is 10.4. The highest BCUT2D eigenvalue weighted by Gasteiger charge is 2.33. The van der Waals surface area contributed by atoms with E-state index in [0.717, 1.165) is 5.56 Å². The van der Waals surface area contributed by atoms with Gasteiger partial charge in [0.25, 0.3) is 0 Å². The number of hydrogen-bond donors (Lipinski definition) is 1. The molecule has 1 amide bonds. The highest BCUT2D eigenvalue weighted by atomic mass is 35.5. The maximum absolute atomic E-state index is 13.1. The van der Waals surface area contributed by atoms with Gasteiger partial charge in [0.2, 0.25) is 15.9 Å². The van der Waals surface area contributed by atoms with Crippen LogP contribution in [-0.2, 0) is 21.4 Å². The van der Waals surface area contributed by atoms with Crippen molar-refractivity contribution < 1.29 is 17.9 Å². The van der Waals surface area contributed by atoms with Gasteiger partial charge in [-0.25, -0.2) is 8.42 Å². The van der Waals surface area contributed by atoms with Crippen LogP contribution in [0, 0.1) is 5.92 Å². The molecule has 0 aliphatic carbocycles. The van der Waals surface area contributed by atoms with Crippen LogP contribution in [0.4, 0.5) is 0 Å². The summed E-state index contributed by atoms with van der Waals surface area (Å²) in [6, 6.07) is 9.65. The summed E-state index contributed by atoms with van der Waals surface area (Å²) in [5.41, 5.74) is 0.767. The number of carbonyl (C=O) groups excluding carboxylic acids is 1. The average Bonchev–Trinajstić information content (AvgIpc) is 2.74. The second-order valence-electron chi connectivity index (χ2n) is 7.16. The Balaban J connectivity index is 1.62. The van der Waals surface area contributed by atoms with Crippen LogP contribution < -0.4 is 10.1 Å². The fraction of sp³-hybridized carbons (Fsp3) is 0.381. The van der Waals surface area contributed by atoms with Gasteiger partial charge in [0.1, 0.15) is 10.6 Å². The number of halogens is 3. The fourth-order valence-electron chi connectivity index (χ4n) is 3.45. The third-order valence-electron chi connectivity index (χ3n) is 5.12. The molecule has 31 heavy (non-hydrogen) atoms. The summed E-state index contributed by atoms with van der Waals surface area (Å²) in [5.74, 6) is -0.129. The van der Waals surface area contributed by atoms with Gasteiger partial charge in [0.15, 0.2) is 0 Å². The number of sulfonamides is 1. The minimum absolute atomic E-state index is 0.0436. The summed E-state index contributed by atoms with van der Waals surface area (Å²) in [6.45, 7) is 2.88. The molecule has 10 heteroatoms. The van der Waals surface area contributed by atoms with Crippen molar-refractivity contribution in [2.45, 2.75) is 31.2 Å². The minimum Gasteiger partial charge on any atom is -0.492 e. The van der Waals surface area contributed by atoms with Crippen molar-refractivity contribution >= 4 is 50.7 Å². The molecule has 1 saturated heterocycles. The molecule has 1 N–H and O–H groups in total. The van der Waals surface area contributed by atoms with Gasteiger partial charge < -0.3 is 10.1 Å². The molecule has 0 atom stereocenters. The lowest BCUT2D eigenvalue weighted by Gasteiger charge is -2.31. The number of hydrogen-bond acceptors (Lipinski definition) is 4. The molecule has 6 nitrogen and oxygen atoms in total. The third kappa shape index (κ3) is 5.84. The van der Waals surface area contributed by atoms with Crippen LogP contribution in [0.25, 0.3) is 0 Å². The molecule has 1 aliphatic rings. The van der Waals surface area contributed by atoms with E-state index in [2.05, 4.69) is 5.32 Å². The molecule has 0 spiro atoms. The lowest BCUT2D eigenvalue weighted by molar-refractivity contribution is -0.126. The summed E-state index contributed by atoms with van der Waals surface area (Å²) in [7, 11) is -3.79. The standard InChI is InChI=1S/C21H23Cl3N2O4S/c1-2-30-19-6-5-17(23)12-20(19)31(28,29)26-9-7-14(8-10-26)21(27)25-13-15-3-4-16(22)11-18(15)24/h3-6,11-12,14H,2,7-10,13H2,1H3,(H,25,27). The van der Waals surface area contributed by atoms with Gasteiger partial charge in [-0.1, -0.05) is 40.9 Å². The van der Waals surface area contributed by atoms with Gasteiger partial charge in [-0.3, -0.25) is 4.79 Å². The molecule has 1 fully saturated rings. The first kappa shape index (κ1) is 24.1. The first-order valence-corrected chi connectivity index (χ1v) is 12.4. The van der Waals surface area contributed by atoms with E-state index in [0.29, 0.717) is 34.5 Å². The molecular formula is C21H23Cl3N2O4S. The van der Waals surface area contributed by atoms with Gasteiger partial charge in [-0.05, 0) is 55.7 Å². The second-order valence-corrected chi connectivity index (χ2v) is 10.3. The molecule has 0 radical (unpaired) electrons. The van der Waals surface area contributed by atoms with Gasteiger partial charge >= 0.3 is 0 Å². The Bertz CT molecular complexity index is 1050. The van der Waals surface area contributed by atoms with Crippen molar-refractivity contribution in [3.8, 4) is 5.75 Å². The number of nitrogens with one attached hydrogen (secondary N) is 1. The van der Waals surface area contributed by atoms with Crippen LogP contribution in [-0.4, -0.2) is 38.3 Å². The van der Waals surface area contributed by atoms with Crippen LogP contribution in [0.15, 0.2) is 41.3 Å². The van der Waals surface area contributed by atoms with Crippen LogP contribution in [0.3, 0.4) is 0 Å². The molecule has 1 aliphatic heterocycles. The lowest BCUT2D eigenvalue weighted by atomic mass is 9.97. The number of benzene rings is 2. The number of piperidine rings is 1. The monoisotopic (exact) mass is 504 g/mol. The first-order chi connectivity index (χ1) is 14.7. The van der Waals surface area contributed by atoms with Crippen molar-refractivity contribution in [1.29, 1.82) is 0 Å². The molecule has 0 saturated carbocycles. The van der Waals surface area contributed by atoms with E-state index in [1.807, 2.05) is 0 Å². The maximum atomic E-state index is 13.1. The predicted molar refractivity (Wildman–Crippen MR) is 122 cm³/mol. The predicted octanol–water partition coefficient (Wildman–Crippen LogP) is 4.76. The molecule has 0 bridgehead atoms. The number of nitrogens with zero attached hydrogens (tertiary/aromatic N) is 1. The van der Waals surface area contributed by atoms with Crippen LogP contribution in [0.1, 0.15) is 25.3 Å². The number of carbonyl (C=O) groups is 1. The highest BCUT2D eigenvalue weighted by molar-refractivity contribution is 7.89.